The summed E-state index contributed by atoms with van der Waals surface area (Å²) in [4.78, 5) is 11.8. The number of hydrogen-bond donors (Lipinski definition) is 0. The van der Waals surface area contributed by atoms with Gasteiger partial charge in [-0.1, -0.05) is 23.7 Å². The third-order valence-corrected chi connectivity index (χ3v) is 6.87. The summed E-state index contributed by atoms with van der Waals surface area (Å²) in [6, 6.07) is 5.09. The summed E-state index contributed by atoms with van der Waals surface area (Å²) in [5, 5.41) is 0. The Morgan fingerprint density at radius 1 is 1.44 bits per heavy atom. The monoisotopic (exact) mass is 376 g/mol. The molecule has 0 amide bonds. The molecular formula is C9H7ClFIO3S. The van der Waals surface area contributed by atoms with Crippen molar-refractivity contribution in [2.24, 2.45) is 0 Å². The second-order valence-electron chi connectivity index (χ2n) is 3.10. The highest BCUT2D eigenvalue weighted by atomic mass is 127. The fourth-order valence-electron chi connectivity index (χ4n) is 0.971. The Labute approximate surface area is 111 Å². The normalized spacial score (nSPS) is 15.5. The number of hydrogen-bond acceptors (Lipinski definition) is 3. The average Bonchev–Trinajstić information content (AvgIpc) is 2.15. The standard InChI is InChI=1S/C9H7ClFIO3S/c1-16(14,15)9(10,12)8(13)6-4-2-3-5-7(6)11/h2-5H,1H3. The molecule has 16 heavy (non-hydrogen) atoms. The van der Waals surface area contributed by atoms with Crippen molar-refractivity contribution in [2.45, 2.75) is 2.21 Å². The zero-order valence-electron chi connectivity index (χ0n) is 8.08. The van der Waals surface area contributed by atoms with Gasteiger partial charge in [-0.15, -0.1) is 0 Å². The van der Waals surface area contributed by atoms with Crippen LogP contribution in [0.4, 0.5) is 4.39 Å². The number of halogens is 3. The van der Waals surface area contributed by atoms with Gasteiger partial charge in [-0.2, -0.15) is 0 Å². The molecule has 1 aromatic rings. The van der Waals surface area contributed by atoms with Crippen LogP contribution in [0.2, 0.25) is 0 Å². The van der Waals surface area contributed by atoms with Crippen molar-refractivity contribution in [3.63, 3.8) is 0 Å². The van der Waals surface area contributed by atoms with Gasteiger partial charge in [-0.25, -0.2) is 12.8 Å². The van der Waals surface area contributed by atoms with Crippen LogP contribution in [0.5, 0.6) is 0 Å². The number of rotatable bonds is 3. The predicted octanol–water partition coefficient (Wildman–Crippen LogP) is 2.38. The molecule has 7 heteroatoms. The molecule has 0 aromatic heterocycles. The molecule has 0 heterocycles. The molecule has 0 radical (unpaired) electrons. The van der Waals surface area contributed by atoms with Crippen molar-refractivity contribution in [1.29, 1.82) is 0 Å². The van der Waals surface area contributed by atoms with Gasteiger partial charge in [0.25, 0.3) is 2.21 Å². The molecule has 0 aliphatic carbocycles. The molecular weight excluding hydrogens is 370 g/mol. The van der Waals surface area contributed by atoms with Gasteiger partial charge in [0, 0.05) is 6.26 Å². The Hall–Kier alpha value is -0.210. The zero-order valence-corrected chi connectivity index (χ0v) is 11.8. The van der Waals surface area contributed by atoms with E-state index in [0.717, 1.165) is 12.3 Å². The van der Waals surface area contributed by atoms with E-state index in [0.29, 0.717) is 0 Å². The summed E-state index contributed by atoms with van der Waals surface area (Å²) in [5.41, 5.74) is -0.336. The number of ketones is 1. The van der Waals surface area contributed by atoms with Crippen LogP contribution in [0.3, 0.4) is 0 Å². The highest BCUT2D eigenvalue weighted by molar-refractivity contribution is 14.1. The Balaban J connectivity index is 3.29. The van der Waals surface area contributed by atoms with Crippen molar-refractivity contribution in [2.75, 3.05) is 6.26 Å². The summed E-state index contributed by atoms with van der Waals surface area (Å²) in [6.45, 7) is 0. The largest absolute Gasteiger partial charge is 0.290 e. The first-order chi connectivity index (χ1) is 7.18. The second kappa shape index (κ2) is 4.58. The summed E-state index contributed by atoms with van der Waals surface area (Å²) >= 11 is 6.94. The van der Waals surface area contributed by atoms with Gasteiger partial charge in [-0.3, -0.25) is 4.79 Å². The average molecular weight is 377 g/mol. The molecule has 1 atom stereocenters. The van der Waals surface area contributed by atoms with Crippen molar-refractivity contribution in [1.82, 2.24) is 0 Å². The van der Waals surface area contributed by atoms with Gasteiger partial charge in [0.2, 0.25) is 5.78 Å². The van der Waals surface area contributed by atoms with Gasteiger partial charge in [0.1, 0.15) is 5.82 Å². The topological polar surface area (TPSA) is 51.2 Å². The van der Waals surface area contributed by atoms with E-state index in [-0.39, 0.29) is 5.56 Å². The molecule has 0 fully saturated rings. The van der Waals surface area contributed by atoms with E-state index in [1.165, 1.54) is 40.8 Å². The summed E-state index contributed by atoms with van der Waals surface area (Å²) < 4.78 is 33.7. The smallest absolute Gasteiger partial charge is 0.257 e. The highest BCUT2D eigenvalue weighted by Gasteiger charge is 2.44. The number of benzene rings is 1. The quantitative estimate of drug-likeness (QED) is 0.462. The maximum Gasteiger partial charge on any atom is 0.257 e. The Kier molecular flexibility index (Phi) is 3.96. The molecule has 88 valence electrons. The van der Waals surface area contributed by atoms with Crippen LogP contribution >= 0.6 is 34.2 Å². The van der Waals surface area contributed by atoms with Gasteiger partial charge in [-0.05, 0) is 34.7 Å². The fourth-order valence-corrected chi connectivity index (χ4v) is 1.81. The van der Waals surface area contributed by atoms with Gasteiger partial charge in [0.15, 0.2) is 9.84 Å². The van der Waals surface area contributed by atoms with Gasteiger partial charge in [0.05, 0.1) is 5.56 Å². The first kappa shape index (κ1) is 13.9. The fraction of sp³-hybridized carbons (Fsp3) is 0.222. The van der Waals surface area contributed by atoms with E-state index in [1.54, 1.807) is 0 Å². The third-order valence-electron chi connectivity index (χ3n) is 1.85. The minimum absolute atomic E-state index is 0.336. The maximum absolute atomic E-state index is 13.3. The predicted molar refractivity (Wildman–Crippen MR) is 68.2 cm³/mol. The number of alkyl halides is 2. The minimum Gasteiger partial charge on any atom is -0.290 e. The first-order valence-electron chi connectivity index (χ1n) is 4.04. The SMILES string of the molecule is CS(=O)(=O)C(Cl)(I)C(=O)c1ccccc1F. The molecule has 0 saturated heterocycles. The second-order valence-corrected chi connectivity index (χ2v) is 9.03. The third kappa shape index (κ3) is 2.54. The van der Waals surface area contributed by atoms with E-state index < -0.39 is 23.7 Å². The van der Waals surface area contributed by atoms with Crippen molar-refractivity contribution >= 4 is 49.8 Å². The number of carbonyl (C=O) groups excluding carboxylic acids is 1. The van der Waals surface area contributed by atoms with Crippen molar-refractivity contribution in [3.05, 3.63) is 35.6 Å². The van der Waals surface area contributed by atoms with Gasteiger partial charge >= 0.3 is 0 Å². The lowest BCUT2D eigenvalue weighted by Gasteiger charge is -2.16. The molecule has 3 nitrogen and oxygen atoms in total. The first-order valence-corrected chi connectivity index (χ1v) is 7.39. The van der Waals surface area contributed by atoms with Crippen molar-refractivity contribution in [3.8, 4) is 0 Å². The Bertz CT molecular complexity index is 527. The molecule has 0 aliphatic rings. The zero-order chi connectivity index (χ0) is 12.6. The van der Waals surface area contributed by atoms with E-state index >= 15 is 0 Å². The summed E-state index contributed by atoms with van der Waals surface area (Å²) in [5.74, 6) is -1.77. The molecule has 1 rings (SSSR count). The van der Waals surface area contributed by atoms with E-state index in [9.17, 15) is 17.6 Å². The van der Waals surface area contributed by atoms with Gasteiger partial charge < -0.3 is 0 Å². The Morgan fingerprint density at radius 3 is 2.38 bits per heavy atom. The van der Waals surface area contributed by atoms with Crippen LogP contribution in [0.15, 0.2) is 24.3 Å². The molecule has 0 aliphatic heterocycles. The Morgan fingerprint density at radius 2 is 1.94 bits per heavy atom. The number of carbonyl (C=O) groups is 1. The van der Waals surface area contributed by atoms with Crippen LogP contribution in [-0.2, 0) is 9.84 Å². The molecule has 0 saturated carbocycles. The molecule has 0 N–H and O–H groups in total. The van der Waals surface area contributed by atoms with Crippen LogP contribution in [-0.4, -0.2) is 22.7 Å². The molecule has 1 aromatic carbocycles. The van der Waals surface area contributed by atoms with E-state index in [1.807, 2.05) is 0 Å². The van der Waals surface area contributed by atoms with Crippen LogP contribution in [0.25, 0.3) is 0 Å². The summed E-state index contributed by atoms with van der Waals surface area (Å²) in [6.07, 6.45) is 0.825. The van der Waals surface area contributed by atoms with E-state index in [4.69, 9.17) is 11.6 Å². The minimum atomic E-state index is -3.83. The molecule has 0 bridgehead atoms. The van der Waals surface area contributed by atoms with Crippen LogP contribution in [0, 0.1) is 5.82 Å². The summed E-state index contributed by atoms with van der Waals surface area (Å²) in [7, 11) is -3.83. The number of Topliss-reactive ketones (excluding diaryl/α,β-unsaturated/α-hetero) is 1. The van der Waals surface area contributed by atoms with E-state index in [2.05, 4.69) is 0 Å². The number of sulfone groups is 1. The lowest BCUT2D eigenvalue weighted by atomic mass is 10.1. The molecule has 0 spiro atoms. The van der Waals surface area contributed by atoms with Crippen molar-refractivity contribution < 1.29 is 17.6 Å². The lowest BCUT2D eigenvalue weighted by molar-refractivity contribution is 0.0999. The molecule has 1 unspecified atom stereocenters. The highest BCUT2D eigenvalue weighted by Crippen LogP contribution is 2.34. The lowest BCUT2D eigenvalue weighted by Crippen LogP contribution is -2.34. The van der Waals surface area contributed by atoms with Crippen LogP contribution < -0.4 is 0 Å². The van der Waals surface area contributed by atoms with Crippen LogP contribution in [0.1, 0.15) is 10.4 Å². The maximum atomic E-state index is 13.3.